The van der Waals surface area contributed by atoms with Crippen molar-refractivity contribution >= 4 is 17.9 Å². The lowest BCUT2D eigenvalue weighted by atomic mass is 10.0. The number of aliphatic imine (C=N–C) groups is 1. The zero-order chi connectivity index (χ0) is 11.4. The molecule has 0 aliphatic rings. The lowest BCUT2D eigenvalue weighted by molar-refractivity contribution is 0.0600. The largest absolute Gasteiger partial charge is 0.465 e. The van der Waals surface area contributed by atoms with Crippen LogP contribution < -0.4 is 5.73 Å². The molecule has 0 aromatic heterocycles. The van der Waals surface area contributed by atoms with Crippen molar-refractivity contribution in [3.05, 3.63) is 28.8 Å². The summed E-state index contributed by atoms with van der Waals surface area (Å²) in [5.41, 5.74) is 8.53. The van der Waals surface area contributed by atoms with E-state index in [9.17, 15) is 4.79 Å². The van der Waals surface area contributed by atoms with Crippen molar-refractivity contribution in [1.29, 1.82) is 0 Å². The number of nitrogen functional groups attached to an aromatic ring is 1. The molecule has 0 saturated carbocycles. The molecule has 1 rings (SSSR count). The van der Waals surface area contributed by atoms with Gasteiger partial charge in [-0.1, -0.05) is 0 Å². The Morgan fingerprint density at radius 2 is 2.20 bits per heavy atom. The lowest BCUT2D eigenvalue weighted by Gasteiger charge is -2.07. The zero-order valence-electron chi connectivity index (χ0n) is 9.07. The predicted octanol–water partition coefficient (Wildman–Crippen LogP) is 1.41. The van der Waals surface area contributed by atoms with Gasteiger partial charge in [0.2, 0.25) is 0 Å². The number of nitrogens with two attached hydrogens (primary N) is 1. The summed E-state index contributed by atoms with van der Waals surface area (Å²) >= 11 is 0. The molecular weight excluding hydrogens is 192 g/mol. The molecule has 0 spiro atoms. The number of hydrogen-bond donors (Lipinski definition) is 1. The van der Waals surface area contributed by atoms with Crippen molar-refractivity contribution in [2.75, 3.05) is 19.9 Å². The fourth-order valence-corrected chi connectivity index (χ4v) is 1.37. The molecule has 4 heteroatoms. The summed E-state index contributed by atoms with van der Waals surface area (Å²) in [7, 11) is 3.02. The monoisotopic (exact) mass is 206 g/mol. The minimum atomic E-state index is -0.384. The van der Waals surface area contributed by atoms with E-state index in [2.05, 4.69) is 9.73 Å². The van der Waals surface area contributed by atoms with Crippen LogP contribution in [0.5, 0.6) is 0 Å². The van der Waals surface area contributed by atoms with Gasteiger partial charge in [-0.05, 0) is 24.6 Å². The number of methoxy groups -OCH3 is 1. The molecular formula is C11H14N2O2. The average molecular weight is 206 g/mol. The molecule has 0 saturated heterocycles. The van der Waals surface area contributed by atoms with Crippen LogP contribution in [0, 0.1) is 6.92 Å². The molecule has 0 aliphatic carbocycles. The van der Waals surface area contributed by atoms with E-state index in [1.807, 2.05) is 6.92 Å². The summed E-state index contributed by atoms with van der Waals surface area (Å²) in [6.45, 7) is 1.87. The number of esters is 1. The van der Waals surface area contributed by atoms with Gasteiger partial charge in [0.05, 0.1) is 12.7 Å². The average Bonchev–Trinajstić information content (AvgIpc) is 2.22. The Balaban J connectivity index is 3.25. The topological polar surface area (TPSA) is 64.7 Å². The first-order chi connectivity index (χ1) is 7.10. The van der Waals surface area contributed by atoms with Gasteiger partial charge in [-0.3, -0.25) is 4.99 Å². The maximum atomic E-state index is 11.3. The van der Waals surface area contributed by atoms with Crippen molar-refractivity contribution in [3.8, 4) is 0 Å². The summed E-state index contributed by atoms with van der Waals surface area (Å²) < 4.78 is 4.62. The van der Waals surface area contributed by atoms with Crippen molar-refractivity contribution in [1.82, 2.24) is 0 Å². The molecule has 0 amide bonds. The number of anilines is 1. The molecule has 80 valence electrons. The summed E-state index contributed by atoms with van der Waals surface area (Å²) in [5, 5.41) is 0. The number of ether oxygens (including phenoxy) is 1. The van der Waals surface area contributed by atoms with Gasteiger partial charge in [-0.2, -0.15) is 0 Å². The van der Waals surface area contributed by atoms with Crippen molar-refractivity contribution in [3.63, 3.8) is 0 Å². The highest BCUT2D eigenvalue weighted by Crippen LogP contribution is 2.18. The zero-order valence-corrected chi connectivity index (χ0v) is 9.07. The summed E-state index contributed by atoms with van der Waals surface area (Å²) in [4.78, 5) is 15.2. The van der Waals surface area contributed by atoms with E-state index in [0.29, 0.717) is 11.3 Å². The third-order valence-corrected chi connectivity index (χ3v) is 2.10. The standard InChI is InChI=1S/C11H14N2O2/c1-7-4-8(11(14)15-3)5-10(12)9(7)6-13-2/h4-6H,12H2,1-3H3. The lowest BCUT2D eigenvalue weighted by Crippen LogP contribution is -2.05. The Labute approximate surface area is 88.8 Å². The molecule has 0 heterocycles. The molecule has 0 aliphatic heterocycles. The Kier molecular flexibility index (Phi) is 3.44. The highest BCUT2D eigenvalue weighted by atomic mass is 16.5. The molecule has 2 N–H and O–H groups in total. The highest BCUT2D eigenvalue weighted by Gasteiger charge is 2.09. The number of rotatable bonds is 2. The molecule has 0 fully saturated rings. The van der Waals surface area contributed by atoms with Crippen LogP contribution in [0.1, 0.15) is 21.5 Å². The number of carbonyl (C=O) groups excluding carboxylic acids is 1. The second-order valence-electron chi connectivity index (χ2n) is 3.17. The number of hydrogen-bond acceptors (Lipinski definition) is 4. The predicted molar refractivity (Wildman–Crippen MR) is 60.4 cm³/mol. The molecule has 1 aromatic rings. The van der Waals surface area contributed by atoms with Crippen LogP contribution in [-0.4, -0.2) is 26.3 Å². The summed E-state index contributed by atoms with van der Waals surface area (Å²) in [6, 6.07) is 3.33. The van der Waals surface area contributed by atoms with E-state index in [1.54, 1.807) is 25.4 Å². The van der Waals surface area contributed by atoms with Gasteiger partial charge in [0.1, 0.15) is 0 Å². The van der Waals surface area contributed by atoms with Crippen LogP contribution in [0.4, 0.5) is 5.69 Å². The Morgan fingerprint density at radius 3 is 2.67 bits per heavy atom. The van der Waals surface area contributed by atoms with E-state index in [4.69, 9.17) is 5.73 Å². The second-order valence-corrected chi connectivity index (χ2v) is 3.17. The van der Waals surface area contributed by atoms with Gasteiger partial charge in [0.25, 0.3) is 0 Å². The fraction of sp³-hybridized carbons (Fsp3) is 0.273. The Morgan fingerprint density at radius 1 is 1.53 bits per heavy atom. The van der Waals surface area contributed by atoms with Crippen LogP contribution >= 0.6 is 0 Å². The maximum absolute atomic E-state index is 11.3. The van der Waals surface area contributed by atoms with Crippen LogP contribution in [0.2, 0.25) is 0 Å². The Bertz CT molecular complexity index is 388. The molecule has 0 atom stereocenters. The third kappa shape index (κ3) is 2.34. The van der Waals surface area contributed by atoms with Gasteiger partial charge in [-0.15, -0.1) is 0 Å². The van der Waals surface area contributed by atoms with Gasteiger partial charge in [0.15, 0.2) is 0 Å². The first-order valence-corrected chi connectivity index (χ1v) is 4.50. The van der Waals surface area contributed by atoms with E-state index in [-0.39, 0.29) is 5.97 Å². The van der Waals surface area contributed by atoms with Crippen LogP contribution in [-0.2, 0) is 4.74 Å². The number of nitrogens with zero attached hydrogens (tertiary/aromatic N) is 1. The molecule has 15 heavy (non-hydrogen) atoms. The van der Waals surface area contributed by atoms with Crippen LogP contribution in [0.15, 0.2) is 17.1 Å². The first kappa shape index (κ1) is 11.2. The molecule has 0 unspecified atom stereocenters. The number of carbonyl (C=O) groups is 1. The van der Waals surface area contributed by atoms with Crippen molar-refractivity contribution in [2.24, 2.45) is 4.99 Å². The highest BCUT2D eigenvalue weighted by molar-refractivity contribution is 5.95. The molecule has 0 radical (unpaired) electrons. The normalized spacial score (nSPS) is 10.6. The summed E-state index contributed by atoms with van der Waals surface area (Å²) in [6.07, 6.45) is 1.67. The van der Waals surface area contributed by atoms with E-state index >= 15 is 0 Å². The van der Waals surface area contributed by atoms with E-state index in [0.717, 1.165) is 11.1 Å². The fourth-order valence-electron chi connectivity index (χ4n) is 1.37. The van der Waals surface area contributed by atoms with Crippen molar-refractivity contribution in [2.45, 2.75) is 6.92 Å². The number of benzene rings is 1. The molecule has 4 nitrogen and oxygen atoms in total. The summed E-state index contributed by atoms with van der Waals surface area (Å²) in [5.74, 6) is -0.384. The minimum absolute atomic E-state index is 0.384. The van der Waals surface area contributed by atoms with E-state index in [1.165, 1.54) is 7.11 Å². The smallest absolute Gasteiger partial charge is 0.337 e. The van der Waals surface area contributed by atoms with Crippen LogP contribution in [0.25, 0.3) is 0 Å². The van der Waals surface area contributed by atoms with Gasteiger partial charge in [-0.25, -0.2) is 4.79 Å². The molecule has 0 bridgehead atoms. The van der Waals surface area contributed by atoms with Crippen molar-refractivity contribution < 1.29 is 9.53 Å². The second kappa shape index (κ2) is 4.59. The number of aryl methyl sites for hydroxylation is 1. The molecule has 1 aromatic carbocycles. The first-order valence-electron chi connectivity index (χ1n) is 4.50. The third-order valence-electron chi connectivity index (χ3n) is 2.10. The van der Waals surface area contributed by atoms with Crippen LogP contribution in [0.3, 0.4) is 0 Å². The maximum Gasteiger partial charge on any atom is 0.337 e. The quantitative estimate of drug-likeness (QED) is 0.452. The van der Waals surface area contributed by atoms with Gasteiger partial charge >= 0.3 is 5.97 Å². The van der Waals surface area contributed by atoms with E-state index < -0.39 is 0 Å². The van der Waals surface area contributed by atoms with Gasteiger partial charge < -0.3 is 10.5 Å². The minimum Gasteiger partial charge on any atom is -0.465 e. The van der Waals surface area contributed by atoms with Gasteiger partial charge in [0, 0.05) is 24.5 Å². The SMILES string of the molecule is CN=Cc1c(C)cc(C(=O)OC)cc1N. The Hall–Kier alpha value is -1.84.